The molecular formula is C21H18FN3O. The quantitative estimate of drug-likeness (QED) is 0.755. The first-order valence-electron chi connectivity index (χ1n) is 8.59. The van der Waals surface area contributed by atoms with Crippen molar-refractivity contribution in [1.29, 1.82) is 0 Å². The van der Waals surface area contributed by atoms with E-state index in [9.17, 15) is 9.18 Å². The number of pyridine rings is 1. The number of aryl methyl sites for hydroxylation is 1. The number of rotatable bonds is 3. The van der Waals surface area contributed by atoms with E-state index in [-0.39, 0.29) is 11.7 Å². The van der Waals surface area contributed by atoms with E-state index in [2.05, 4.69) is 33.4 Å². The minimum atomic E-state index is -0.366. The lowest BCUT2D eigenvalue weighted by Crippen LogP contribution is -2.25. The average Bonchev–Trinajstić information content (AvgIpc) is 2.69. The first-order chi connectivity index (χ1) is 12.7. The summed E-state index contributed by atoms with van der Waals surface area (Å²) in [6.45, 7) is 0.922. The fraction of sp³-hybridized carbons (Fsp3) is 0.143. The van der Waals surface area contributed by atoms with Gasteiger partial charge in [0.1, 0.15) is 11.6 Å². The summed E-state index contributed by atoms with van der Waals surface area (Å²) < 4.78 is 13.0. The molecule has 0 saturated carbocycles. The van der Waals surface area contributed by atoms with Crippen molar-refractivity contribution in [1.82, 2.24) is 4.98 Å². The fourth-order valence-corrected chi connectivity index (χ4v) is 3.20. The predicted octanol–water partition coefficient (Wildman–Crippen LogP) is 4.56. The number of halogens is 1. The van der Waals surface area contributed by atoms with Gasteiger partial charge in [0, 0.05) is 17.8 Å². The molecule has 0 aliphatic carbocycles. The highest BCUT2D eigenvalue weighted by atomic mass is 19.1. The van der Waals surface area contributed by atoms with Gasteiger partial charge in [-0.2, -0.15) is 0 Å². The van der Waals surface area contributed by atoms with Gasteiger partial charge in [-0.25, -0.2) is 9.37 Å². The zero-order valence-corrected chi connectivity index (χ0v) is 14.2. The number of carbonyl (C=O) groups excluding carboxylic acids is 1. The van der Waals surface area contributed by atoms with Crippen LogP contribution in [0.2, 0.25) is 0 Å². The van der Waals surface area contributed by atoms with Gasteiger partial charge in [-0.15, -0.1) is 0 Å². The van der Waals surface area contributed by atoms with E-state index in [0.717, 1.165) is 25.2 Å². The summed E-state index contributed by atoms with van der Waals surface area (Å²) in [6.07, 6.45) is 3.81. The number of nitrogens with zero attached hydrogens (tertiary/aromatic N) is 2. The van der Waals surface area contributed by atoms with Crippen LogP contribution < -0.4 is 10.2 Å². The Morgan fingerprint density at radius 2 is 1.85 bits per heavy atom. The van der Waals surface area contributed by atoms with Crippen LogP contribution in [0.5, 0.6) is 0 Å². The van der Waals surface area contributed by atoms with E-state index >= 15 is 0 Å². The van der Waals surface area contributed by atoms with Gasteiger partial charge in [-0.1, -0.05) is 18.2 Å². The number of benzene rings is 2. The SMILES string of the molecule is O=C(Nc1ccc(N2CCCc3ccccc32)nc1)c1ccc(F)cc1. The monoisotopic (exact) mass is 347 g/mol. The van der Waals surface area contributed by atoms with E-state index in [1.807, 2.05) is 18.2 Å². The molecule has 5 heteroatoms. The Labute approximate surface area is 151 Å². The van der Waals surface area contributed by atoms with Gasteiger partial charge in [0.05, 0.1) is 11.9 Å². The summed E-state index contributed by atoms with van der Waals surface area (Å²) in [5, 5.41) is 2.78. The number of nitrogens with one attached hydrogen (secondary N) is 1. The molecule has 1 aliphatic rings. The molecule has 0 saturated heterocycles. The molecule has 4 nitrogen and oxygen atoms in total. The molecule has 26 heavy (non-hydrogen) atoms. The molecule has 2 aromatic carbocycles. The summed E-state index contributed by atoms with van der Waals surface area (Å²) in [5.41, 5.74) is 3.53. The Balaban J connectivity index is 1.51. The lowest BCUT2D eigenvalue weighted by atomic mass is 10.0. The van der Waals surface area contributed by atoms with Gasteiger partial charge in [-0.05, 0) is 60.9 Å². The van der Waals surface area contributed by atoms with Crippen molar-refractivity contribution in [2.24, 2.45) is 0 Å². The summed E-state index contributed by atoms with van der Waals surface area (Å²) >= 11 is 0. The Kier molecular flexibility index (Phi) is 4.35. The van der Waals surface area contributed by atoms with E-state index in [1.54, 1.807) is 6.20 Å². The highest BCUT2D eigenvalue weighted by Crippen LogP contribution is 2.32. The number of hydrogen-bond donors (Lipinski definition) is 1. The van der Waals surface area contributed by atoms with E-state index in [4.69, 9.17) is 0 Å². The molecule has 0 unspecified atom stereocenters. The summed E-state index contributed by atoms with van der Waals surface area (Å²) in [5.74, 6) is 0.203. The molecule has 0 radical (unpaired) electrons. The molecule has 1 aliphatic heterocycles. The maximum absolute atomic E-state index is 13.0. The molecule has 0 atom stereocenters. The van der Waals surface area contributed by atoms with Crippen LogP contribution >= 0.6 is 0 Å². The van der Waals surface area contributed by atoms with Crippen molar-refractivity contribution >= 4 is 23.1 Å². The molecule has 4 rings (SSSR count). The molecule has 3 aromatic rings. The average molecular weight is 347 g/mol. The highest BCUT2D eigenvalue weighted by Gasteiger charge is 2.18. The Morgan fingerprint density at radius 1 is 1.04 bits per heavy atom. The Hall–Kier alpha value is -3.21. The molecule has 1 aromatic heterocycles. The first-order valence-corrected chi connectivity index (χ1v) is 8.59. The van der Waals surface area contributed by atoms with Crippen LogP contribution in [-0.4, -0.2) is 17.4 Å². The first kappa shape index (κ1) is 16.3. The number of fused-ring (bicyclic) bond motifs is 1. The van der Waals surface area contributed by atoms with Crippen LogP contribution in [-0.2, 0) is 6.42 Å². The Morgan fingerprint density at radius 3 is 2.62 bits per heavy atom. The van der Waals surface area contributed by atoms with Crippen LogP contribution in [0.25, 0.3) is 0 Å². The number of amides is 1. The third-order valence-corrected chi connectivity index (χ3v) is 4.50. The van der Waals surface area contributed by atoms with Gasteiger partial charge in [0.2, 0.25) is 0 Å². The van der Waals surface area contributed by atoms with Gasteiger partial charge < -0.3 is 10.2 Å². The second-order valence-corrected chi connectivity index (χ2v) is 6.25. The van der Waals surface area contributed by atoms with Crippen molar-refractivity contribution in [2.75, 3.05) is 16.8 Å². The Bertz CT molecular complexity index is 923. The summed E-state index contributed by atoms with van der Waals surface area (Å²) in [7, 11) is 0. The van der Waals surface area contributed by atoms with Gasteiger partial charge in [0.15, 0.2) is 0 Å². The van der Waals surface area contributed by atoms with Crippen molar-refractivity contribution < 1.29 is 9.18 Å². The molecule has 130 valence electrons. The third-order valence-electron chi connectivity index (χ3n) is 4.50. The predicted molar refractivity (Wildman–Crippen MR) is 100 cm³/mol. The number of aromatic nitrogens is 1. The molecule has 0 fully saturated rings. The lowest BCUT2D eigenvalue weighted by molar-refractivity contribution is 0.102. The van der Waals surface area contributed by atoms with Crippen LogP contribution in [0.15, 0.2) is 66.9 Å². The largest absolute Gasteiger partial charge is 0.326 e. The highest BCUT2D eigenvalue weighted by molar-refractivity contribution is 6.04. The van der Waals surface area contributed by atoms with E-state index in [0.29, 0.717) is 11.3 Å². The molecule has 1 N–H and O–H groups in total. The van der Waals surface area contributed by atoms with Crippen LogP contribution in [0, 0.1) is 5.82 Å². The zero-order chi connectivity index (χ0) is 17.9. The molecule has 2 heterocycles. The van der Waals surface area contributed by atoms with Gasteiger partial charge >= 0.3 is 0 Å². The third kappa shape index (κ3) is 3.28. The van der Waals surface area contributed by atoms with Crippen molar-refractivity contribution in [2.45, 2.75) is 12.8 Å². The maximum Gasteiger partial charge on any atom is 0.255 e. The number of para-hydroxylation sites is 1. The second kappa shape index (κ2) is 6.96. The minimum Gasteiger partial charge on any atom is -0.326 e. The maximum atomic E-state index is 13.0. The van der Waals surface area contributed by atoms with Crippen molar-refractivity contribution in [3.63, 3.8) is 0 Å². The van der Waals surface area contributed by atoms with Crippen LogP contribution in [0.1, 0.15) is 22.3 Å². The number of carbonyl (C=O) groups is 1. The summed E-state index contributed by atoms with van der Waals surface area (Å²) in [4.78, 5) is 18.9. The van der Waals surface area contributed by atoms with Crippen LogP contribution in [0.4, 0.5) is 21.6 Å². The topological polar surface area (TPSA) is 45.2 Å². The molecule has 0 bridgehead atoms. The standard InChI is InChI=1S/C21H18FN3O/c22-17-9-7-16(8-10-17)21(26)24-18-11-12-20(23-14-18)25-13-3-5-15-4-1-2-6-19(15)25/h1-2,4,6-12,14H,3,5,13H2,(H,24,26). The second-order valence-electron chi connectivity index (χ2n) is 6.25. The van der Waals surface area contributed by atoms with E-state index < -0.39 is 0 Å². The normalized spacial score (nSPS) is 13.2. The molecular weight excluding hydrogens is 329 g/mol. The lowest BCUT2D eigenvalue weighted by Gasteiger charge is -2.30. The van der Waals surface area contributed by atoms with Crippen LogP contribution in [0.3, 0.4) is 0 Å². The zero-order valence-electron chi connectivity index (χ0n) is 14.2. The van der Waals surface area contributed by atoms with Crippen molar-refractivity contribution in [3.8, 4) is 0 Å². The molecule has 1 amide bonds. The van der Waals surface area contributed by atoms with Crippen molar-refractivity contribution in [3.05, 3.63) is 83.8 Å². The fourth-order valence-electron chi connectivity index (χ4n) is 3.20. The number of hydrogen-bond acceptors (Lipinski definition) is 3. The molecule has 0 spiro atoms. The minimum absolute atomic E-state index is 0.289. The van der Waals surface area contributed by atoms with Gasteiger partial charge in [-0.3, -0.25) is 4.79 Å². The van der Waals surface area contributed by atoms with Gasteiger partial charge in [0.25, 0.3) is 5.91 Å². The summed E-state index contributed by atoms with van der Waals surface area (Å²) in [6, 6.07) is 17.5. The smallest absolute Gasteiger partial charge is 0.255 e. The van der Waals surface area contributed by atoms with E-state index in [1.165, 1.54) is 35.5 Å². The number of anilines is 3.